The van der Waals surface area contributed by atoms with Crippen LogP contribution in [0.3, 0.4) is 0 Å². The number of hydrogen-bond donors (Lipinski definition) is 4. The van der Waals surface area contributed by atoms with Gasteiger partial charge < -0.3 is 15.6 Å². The third-order valence-corrected chi connectivity index (χ3v) is 5.05. The first kappa shape index (κ1) is 18.9. The number of benzene rings is 1. The zero-order valence-corrected chi connectivity index (χ0v) is 15.5. The van der Waals surface area contributed by atoms with Crippen LogP contribution in [0, 0.1) is 0 Å². The molecular formula is C20H26N4O3. The van der Waals surface area contributed by atoms with Crippen LogP contribution in [0.5, 0.6) is 0 Å². The third-order valence-electron chi connectivity index (χ3n) is 5.05. The Labute approximate surface area is 157 Å². The molecule has 2 aromatic rings. The van der Waals surface area contributed by atoms with Crippen LogP contribution in [0.15, 0.2) is 39.9 Å². The summed E-state index contributed by atoms with van der Waals surface area (Å²) >= 11 is 0. The van der Waals surface area contributed by atoms with E-state index in [1.54, 1.807) is 0 Å². The van der Waals surface area contributed by atoms with E-state index >= 15 is 0 Å². The molecule has 0 aliphatic heterocycles. The maximum atomic E-state index is 12.7. The van der Waals surface area contributed by atoms with Crippen molar-refractivity contribution < 1.29 is 4.79 Å². The zero-order chi connectivity index (χ0) is 19.2. The predicted molar refractivity (Wildman–Crippen MR) is 105 cm³/mol. The van der Waals surface area contributed by atoms with Crippen LogP contribution in [-0.4, -0.2) is 28.5 Å². The fourth-order valence-corrected chi connectivity index (χ4v) is 3.63. The van der Waals surface area contributed by atoms with Crippen molar-refractivity contribution in [2.24, 2.45) is 0 Å². The Morgan fingerprint density at radius 2 is 1.78 bits per heavy atom. The van der Waals surface area contributed by atoms with Crippen LogP contribution in [0.2, 0.25) is 0 Å². The van der Waals surface area contributed by atoms with Gasteiger partial charge in [-0.15, -0.1) is 0 Å². The van der Waals surface area contributed by atoms with Gasteiger partial charge in [0.25, 0.3) is 11.5 Å². The highest BCUT2D eigenvalue weighted by atomic mass is 16.2. The minimum absolute atomic E-state index is 0.00221. The summed E-state index contributed by atoms with van der Waals surface area (Å²) in [4.78, 5) is 41.0. The number of amides is 1. The number of anilines is 1. The van der Waals surface area contributed by atoms with Gasteiger partial charge in [-0.2, -0.15) is 0 Å². The van der Waals surface area contributed by atoms with Crippen molar-refractivity contribution in [3.63, 3.8) is 0 Å². The molecule has 0 unspecified atom stereocenters. The highest BCUT2D eigenvalue weighted by Gasteiger charge is 2.25. The van der Waals surface area contributed by atoms with E-state index in [9.17, 15) is 14.4 Å². The van der Waals surface area contributed by atoms with Gasteiger partial charge in [-0.1, -0.05) is 37.3 Å². The fourth-order valence-electron chi connectivity index (χ4n) is 3.63. The summed E-state index contributed by atoms with van der Waals surface area (Å²) in [6, 6.07) is 10.5. The van der Waals surface area contributed by atoms with E-state index in [-0.39, 0.29) is 17.4 Å². The average molecular weight is 370 g/mol. The Kier molecular flexibility index (Phi) is 6.11. The van der Waals surface area contributed by atoms with Gasteiger partial charge in [0.1, 0.15) is 11.4 Å². The topological polar surface area (TPSA) is 107 Å². The molecule has 0 bridgehead atoms. The van der Waals surface area contributed by atoms with Crippen LogP contribution in [-0.2, 0) is 0 Å². The Bertz CT molecular complexity index is 880. The number of rotatable bonds is 6. The summed E-state index contributed by atoms with van der Waals surface area (Å²) < 4.78 is 0. The molecule has 1 aromatic heterocycles. The van der Waals surface area contributed by atoms with Crippen molar-refractivity contribution in [3.8, 4) is 0 Å². The number of nitrogens with one attached hydrogen (secondary N) is 4. The maximum Gasteiger partial charge on any atom is 0.326 e. The molecule has 1 aromatic carbocycles. The van der Waals surface area contributed by atoms with Crippen molar-refractivity contribution >= 4 is 11.6 Å². The second-order valence-corrected chi connectivity index (χ2v) is 7.02. The molecule has 144 valence electrons. The Morgan fingerprint density at radius 1 is 1.07 bits per heavy atom. The summed E-state index contributed by atoms with van der Waals surface area (Å²) in [7, 11) is 0. The second-order valence-electron chi connectivity index (χ2n) is 7.02. The molecule has 7 heteroatoms. The number of aromatic amines is 2. The molecule has 1 aliphatic rings. The summed E-state index contributed by atoms with van der Waals surface area (Å²) in [6.07, 6.45) is 4.54. The lowest BCUT2D eigenvalue weighted by atomic mass is 9.82. The SMILES string of the molecule is CCCNc1c(C(=O)NC2CCC(c3ccccc3)CC2)[nH]c(=O)[nH]c1=O. The van der Waals surface area contributed by atoms with Gasteiger partial charge in [0.15, 0.2) is 0 Å². The molecule has 1 aliphatic carbocycles. The largest absolute Gasteiger partial charge is 0.379 e. The van der Waals surface area contributed by atoms with Crippen LogP contribution in [0.25, 0.3) is 0 Å². The highest BCUT2D eigenvalue weighted by molar-refractivity contribution is 5.97. The van der Waals surface area contributed by atoms with Gasteiger partial charge in [0.2, 0.25) is 0 Å². The number of hydrogen-bond acceptors (Lipinski definition) is 4. The number of H-pyrrole nitrogens is 2. The highest BCUT2D eigenvalue weighted by Crippen LogP contribution is 2.32. The zero-order valence-electron chi connectivity index (χ0n) is 15.5. The molecule has 4 N–H and O–H groups in total. The van der Waals surface area contributed by atoms with E-state index in [0.29, 0.717) is 12.5 Å². The van der Waals surface area contributed by atoms with Crippen LogP contribution in [0.1, 0.15) is 61.0 Å². The summed E-state index contributed by atoms with van der Waals surface area (Å²) in [5.74, 6) is 0.0977. The second kappa shape index (κ2) is 8.70. The molecule has 0 spiro atoms. The maximum absolute atomic E-state index is 12.7. The first-order chi connectivity index (χ1) is 13.1. The predicted octanol–water partition coefficient (Wildman–Crippen LogP) is 2.34. The lowest BCUT2D eigenvalue weighted by molar-refractivity contribution is 0.0921. The van der Waals surface area contributed by atoms with Crippen LogP contribution < -0.4 is 21.9 Å². The van der Waals surface area contributed by atoms with Crippen molar-refractivity contribution in [1.82, 2.24) is 15.3 Å². The first-order valence-electron chi connectivity index (χ1n) is 9.54. The molecule has 1 amide bonds. The van der Waals surface area contributed by atoms with Crippen molar-refractivity contribution in [3.05, 3.63) is 62.4 Å². The van der Waals surface area contributed by atoms with Gasteiger partial charge in [-0.05, 0) is 43.6 Å². The number of carbonyl (C=O) groups is 1. The lowest BCUT2D eigenvalue weighted by Gasteiger charge is -2.29. The lowest BCUT2D eigenvalue weighted by Crippen LogP contribution is -2.40. The molecule has 0 atom stereocenters. The third kappa shape index (κ3) is 4.67. The van der Waals surface area contributed by atoms with E-state index in [2.05, 4.69) is 44.9 Å². The van der Waals surface area contributed by atoms with E-state index in [1.807, 2.05) is 13.0 Å². The van der Waals surface area contributed by atoms with Gasteiger partial charge in [0.05, 0.1) is 0 Å². The first-order valence-corrected chi connectivity index (χ1v) is 9.54. The van der Waals surface area contributed by atoms with Crippen LogP contribution in [0.4, 0.5) is 5.69 Å². The van der Waals surface area contributed by atoms with Crippen LogP contribution >= 0.6 is 0 Å². The fraction of sp³-hybridized carbons (Fsp3) is 0.450. The molecule has 1 saturated carbocycles. The molecule has 1 fully saturated rings. The molecule has 1 heterocycles. The van der Waals surface area contributed by atoms with E-state index < -0.39 is 17.2 Å². The Balaban J connectivity index is 1.66. The minimum atomic E-state index is -0.681. The minimum Gasteiger partial charge on any atom is -0.379 e. The standard InChI is InChI=1S/C20H26N4O3/c1-2-12-21-16-17(23-20(27)24-18(16)25)19(26)22-15-10-8-14(9-11-15)13-6-4-3-5-7-13/h3-7,14-15,21H,2,8-12H2,1H3,(H,22,26)(H2,23,24,25,27). The number of carbonyl (C=O) groups excluding carboxylic acids is 1. The van der Waals surface area contributed by atoms with Crippen molar-refractivity contribution in [1.29, 1.82) is 0 Å². The summed E-state index contributed by atoms with van der Waals surface area (Å²) in [5.41, 5.74) is 0.201. The quantitative estimate of drug-likeness (QED) is 0.626. The Hall–Kier alpha value is -2.83. The average Bonchev–Trinajstić information content (AvgIpc) is 2.68. The molecule has 0 radical (unpaired) electrons. The van der Waals surface area contributed by atoms with E-state index in [4.69, 9.17) is 0 Å². The molecular weight excluding hydrogens is 344 g/mol. The van der Waals surface area contributed by atoms with Crippen molar-refractivity contribution in [2.75, 3.05) is 11.9 Å². The summed E-state index contributed by atoms with van der Waals surface area (Å²) in [5, 5.41) is 5.91. The van der Waals surface area contributed by atoms with E-state index in [1.165, 1.54) is 5.56 Å². The molecule has 7 nitrogen and oxygen atoms in total. The summed E-state index contributed by atoms with van der Waals surface area (Å²) in [6.45, 7) is 2.50. The smallest absolute Gasteiger partial charge is 0.326 e. The van der Waals surface area contributed by atoms with Gasteiger partial charge in [0, 0.05) is 12.6 Å². The number of aromatic nitrogens is 2. The normalized spacial score (nSPS) is 19.4. The molecule has 3 rings (SSSR count). The van der Waals surface area contributed by atoms with Gasteiger partial charge >= 0.3 is 5.69 Å². The van der Waals surface area contributed by atoms with Gasteiger partial charge in [-0.25, -0.2) is 4.79 Å². The molecule has 27 heavy (non-hydrogen) atoms. The molecule has 0 saturated heterocycles. The Morgan fingerprint density at radius 3 is 2.44 bits per heavy atom. The van der Waals surface area contributed by atoms with Gasteiger partial charge in [-0.3, -0.25) is 14.6 Å². The van der Waals surface area contributed by atoms with E-state index in [0.717, 1.165) is 32.1 Å². The van der Waals surface area contributed by atoms with Crippen molar-refractivity contribution in [2.45, 2.75) is 51.0 Å². The monoisotopic (exact) mass is 370 g/mol.